The molecule has 0 spiro atoms. The van der Waals surface area contributed by atoms with E-state index in [2.05, 4.69) is 21.9 Å². The molecule has 0 aromatic carbocycles. The molecule has 0 unspecified atom stereocenters. The second-order valence-electron chi connectivity index (χ2n) is 2.16. The van der Waals surface area contributed by atoms with Crippen LogP contribution in [0.25, 0.3) is 0 Å². The van der Waals surface area contributed by atoms with Gasteiger partial charge in [-0.15, -0.1) is 11.7 Å². The third-order valence-electron chi connectivity index (χ3n) is 1.36. The number of hydrogen-bond acceptors (Lipinski definition) is 4. The molecule has 0 radical (unpaired) electrons. The Balaban J connectivity index is 2.25. The van der Waals surface area contributed by atoms with E-state index >= 15 is 0 Å². The molecule has 0 aliphatic carbocycles. The van der Waals surface area contributed by atoms with Crippen LogP contribution < -0.4 is 5.32 Å². The summed E-state index contributed by atoms with van der Waals surface area (Å²) in [5.41, 5.74) is 0. The number of carbonyl (C=O) groups excluding carboxylic acids is 1. The van der Waals surface area contributed by atoms with Gasteiger partial charge in [-0.05, 0) is 0 Å². The van der Waals surface area contributed by atoms with Gasteiger partial charge in [-0.3, -0.25) is 9.69 Å². The van der Waals surface area contributed by atoms with Crippen molar-refractivity contribution in [1.29, 1.82) is 0 Å². The Kier molecular flexibility index (Phi) is 3.37. The molecule has 1 heterocycles. The second-order valence-corrected chi connectivity index (χ2v) is 3.45. The molecule has 58 valence electrons. The molecular weight excluding hydrogens is 168 g/mol. The molecule has 0 atom stereocenters. The van der Waals surface area contributed by atoms with Crippen LogP contribution in [0.5, 0.6) is 0 Å². The summed E-state index contributed by atoms with van der Waals surface area (Å²) < 4.78 is 0. The Morgan fingerprint density at radius 2 is 2.60 bits per heavy atom. The molecule has 1 aliphatic heterocycles. The van der Waals surface area contributed by atoms with Crippen LogP contribution in [-0.4, -0.2) is 36.3 Å². The van der Waals surface area contributed by atoms with Crippen LogP contribution in [0, 0.1) is 0 Å². The van der Waals surface area contributed by atoms with Crippen molar-refractivity contribution in [3.05, 3.63) is 0 Å². The first kappa shape index (κ1) is 8.23. The summed E-state index contributed by atoms with van der Waals surface area (Å²) in [6.07, 6.45) is 0. The molecule has 1 fully saturated rings. The van der Waals surface area contributed by atoms with Gasteiger partial charge in [-0.1, -0.05) is 10.8 Å². The Labute approximate surface area is 69.3 Å². The summed E-state index contributed by atoms with van der Waals surface area (Å²) in [6, 6.07) is 0. The third kappa shape index (κ3) is 2.40. The number of nitrogens with zero attached hydrogens (tertiary/aromatic N) is 1. The van der Waals surface area contributed by atoms with Crippen LogP contribution in [0.15, 0.2) is 0 Å². The van der Waals surface area contributed by atoms with Gasteiger partial charge in [0.25, 0.3) is 0 Å². The lowest BCUT2D eigenvalue weighted by atomic mass is 10.4. The molecule has 0 saturated carbocycles. The van der Waals surface area contributed by atoms with E-state index in [-0.39, 0.29) is 5.91 Å². The Hall–Kier alpha value is 0.130. The predicted octanol–water partition coefficient (Wildman–Crippen LogP) is -0.0463. The molecule has 0 aromatic rings. The molecule has 1 amide bonds. The first-order valence-electron chi connectivity index (χ1n) is 3.08. The van der Waals surface area contributed by atoms with Gasteiger partial charge in [-0.25, -0.2) is 0 Å². The van der Waals surface area contributed by atoms with E-state index in [0.717, 1.165) is 19.0 Å². The maximum atomic E-state index is 10.8. The number of piperazine rings is 1. The summed E-state index contributed by atoms with van der Waals surface area (Å²) in [7, 11) is 1.45. The highest BCUT2D eigenvalue weighted by molar-refractivity contribution is 8.68. The highest BCUT2D eigenvalue weighted by Crippen LogP contribution is 2.07. The minimum Gasteiger partial charge on any atom is -0.354 e. The molecule has 1 N–H and O–H groups in total. The molecule has 10 heavy (non-hydrogen) atoms. The normalized spacial score (nSPS) is 20.7. The summed E-state index contributed by atoms with van der Waals surface area (Å²) in [6.45, 7) is 2.24. The highest BCUT2D eigenvalue weighted by atomic mass is 33.1. The van der Waals surface area contributed by atoms with E-state index in [1.807, 2.05) is 0 Å². The van der Waals surface area contributed by atoms with E-state index in [9.17, 15) is 4.79 Å². The minimum absolute atomic E-state index is 0.119. The van der Waals surface area contributed by atoms with Gasteiger partial charge in [-0.2, -0.15) is 0 Å². The van der Waals surface area contributed by atoms with Gasteiger partial charge in [0.15, 0.2) is 0 Å². The quantitative estimate of drug-likeness (QED) is 0.459. The molecule has 1 saturated heterocycles. The predicted molar refractivity (Wildman–Crippen MR) is 46.0 cm³/mol. The van der Waals surface area contributed by atoms with E-state index < -0.39 is 0 Å². The van der Waals surface area contributed by atoms with Gasteiger partial charge < -0.3 is 5.32 Å². The van der Waals surface area contributed by atoms with Crippen LogP contribution in [0.3, 0.4) is 0 Å². The van der Waals surface area contributed by atoms with Crippen molar-refractivity contribution in [2.24, 2.45) is 0 Å². The first-order chi connectivity index (χ1) is 4.83. The van der Waals surface area contributed by atoms with Crippen LogP contribution in [0.2, 0.25) is 0 Å². The zero-order chi connectivity index (χ0) is 7.40. The topological polar surface area (TPSA) is 32.3 Å². The van der Waals surface area contributed by atoms with Crippen molar-refractivity contribution in [3.8, 4) is 0 Å². The molecule has 3 nitrogen and oxygen atoms in total. The zero-order valence-electron chi connectivity index (χ0n) is 5.54. The number of amides is 1. The summed E-state index contributed by atoms with van der Waals surface area (Å²) in [4.78, 5) is 12.8. The van der Waals surface area contributed by atoms with Crippen molar-refractivity contribution in [2.45, 2.75) is 0 Å². The number of hydrogen-bond donors (Lipinski definition) is 2. The highest BCUT2D eigenvalue weighted by Gasteiger charge is 2.14. The van der Waals surface area contributed by atoms with Crippen LogP contribution in [0.4, 0.5) is 0 Å². The molecule has 1 aliphatic rings. The van der Waals surface area contributed by atoms with Gasteiger partial charge in [0.05, 0.1) is 12.4 Å². The largest absolute Gasteiger partial charge is 0.354 e. The summed E-state index contributed by atoms with van der Waals surface area (Å²) in [5.74, 6) is 0.949. The van der Waals surface area contributed by atoms with Crippen molar-refractivity contribution in [3.63, 3.8) is 0 Å². The van der Waals surface area contributed by atoms with Gasteiger partial charge >= 0.3 is 0 Å². The number of thiol groups is 1. The molecular formula is C5H10N2OS2. The van der Waals surface area contributed by atoms with Gasteiger partial charge in [0.2, 0.25) is 5.91 Å². The standard InChI is InChI=1S/C5H10N2OS2/c8-5-3-7(4-10-9)2-1-6-5/h9H,1-4H2,(H,6,8). The summed E-state index contributed by atoms with van der Waals surface area (Å²) >= 11 is 4.00. The smallest absolute Gasteiger partial charge is 0.234 e. The number of rotatable bonds is 2. The minimum atomic E-state index is 0.119. The maximum Gasteiger partial charge on any atom is 0.234 e. The first-order valence-corrected chi connectivity index (χ1v) is 5.12. The average molecular weight is 178 g/mol. The fourth-order valence-corrected chi connectivity index (χ4v) is 1.76. The monoisotopic (exact) mass is 178 g/mol. The van der Waals surface area contributed by atoms with Crippen molar-refractivity contribution in [2.75, 3.05) is 25.5 Å². The third-order valence-corrected chi connectivity index (χ3v) is 2.18. The summed E-state index contributed by atoms with van der Waals surface area (Å²) in [5, 5.41) is 2.76. The SMILES string of the molecule is O=C1CN(CSS)CCN1. The lowest BCUT2D eigenvalue weighted by Gasteiger charge is -2.24. The van der Waals surface area contributed by atoms with E-state index in [0.29, 0.717) is 6.54 Å². The number of carbonyl (C=O) groups is 1. The fraction of sp³-hybridized carbons (Fsp3) is 0.800. The average Bonchev–Trinajstić information content (AvgIpc) is 1.88. The van der Waals surface area contributed by atoms with Crippen molar-refractivity contribution in [1.82, 2.24) is 10.2 Å². The van der Waals surface area contributed by atoms with E-state index in [1.165, 1.54) is 10.8 Å². The van der Waals surface area contributed by atoms with Crippen LogP contribution in [0.1, 0.15) is 0 Å². The van der Waals surface area contributed by atoms with E-state index in [4.69, 9.17) is 0 Å². The Bertz CT molecular complexity index is 129. The van der Waals surface area contributed by atoms with Crippen molar-refractivity contribution >= 4 is 28.4 Å². The van der Waals surface area contributed by atoms with Gasteiger partial charge in [0, 0.05) is 13.1 Å². The lowest BCUT2D eigenvalue weighted by molar-refractivity contribution is -0.123. The maximum absolute atomic E-state index is 10.8. The molecule has 0 bridgehead atoms. The molecule has 5 heteroatoms. The fourth-order valence-electron chi connectivity index (χ4n) is 0.883. The molecule has 1 rings (SSSR count). The number of nitrogens with one attached hydrogen (secondary N) is 1. The second kappa shape index (κ2) is 4.10. The van der Waals surface area contributed by atoms with Crippen LogP contribution >= 0.6 is 22.5 Å². The Morgan fingerprint density at radius 1 is 1.80 bits per heavy atom. The van der Waals surface area contributed by atoms with Crippen LogP contribution in [-0.2, 0) is 4.79 Å². The van der Waals surface area contributed by atoms with Gasteiger partial charge in [0.1, 0.15) is 0 Å². The lowest BCUT2D eigenvalue weighted by Crippen LogP contribution is -2.47. The van der Waals surface area contributed by atoms with E-state index in [1.54, 1.807) is 0 Å². The molecule has 0 aromatic heterocycles. The zero-order valence-corrected chi connectivity index (χ0v) is 7.25. The van der Waals surface area contributed by atoms with Crippen molar-refractivity contribution < 1.29 is 4.79 Å². The Morgan fingerprint density at radius 3 is 3.20 bits per heavy atom.